The largest absolute Gasteiger partial charge is 0.395 e. The van der Waals surface area contributed by atoms with Crippen molar-refractivity contribution in [1.82, 2.24) is 15.0 Å². The van der Waals surface area contributed by atoms with Crippen molar-refractivity contribution in [3.63, 3.8) is 0 Å². The Labute approximate surface area is 161 Å². The van der Waals surface area contributed by atoms with Crippen molar-refractivity contribution in [3.8, 4) is 0 Å². The highest BCUT2D eigenvalue weighted by molar-refractivity contribution is 7.09. The molecule has 0 aliphatic rings. The van der Waals surface area contributed by atoms with Crippen LogP contribution >= 0.6 is 11.5 Å². The Kier molecular flexibility index (Phi) is 5.83. The number of nitrogens with zero attached hydrogens (tertiary/aromatic N) is 1. The normalized spacial score (nSPS) is 11.6. The molecule has 7 heteroatoms. The molecule has 4 N–H and O–H groups in total. The second kappa shape index (κ2) is 8.46. The molecule has 138 valence electrons. The predicted molar refractivity (Wildman–Crippen MR) is 106 cm³/mol. The molecule has 0 saturated heterocycles. The summed E-state index contributed by atoms with van der Waals surface area (Å²) in [5.41, 5.74) is 8.14. The van der Waals surface area contributed by atoms with Crippen LogP contribution in [0.4, 0.5) is 5.69 Å². The quantitative estimate of drug-likeness (QED) is 0.612. The first kappa shape index (κ1) is 18.6. The van der Waals surface area contributed by atoms with E-state index in [1.54, 1.807) is 0 Å². The number of anilines is 1. The van der Waals surface area contributed by atoms with Gasteiger partial charge in [0.15, 0.2) is 5.69 Å². The fourth-order valence-electron chi connectivity index (χ4n) is 2.57. The van der Waals surface area contributed by atoms with E-state index in [0.717, 1.165) is 22.7 Å². The Morgan fingerprint density at radius 1 is 1.04 bits per heavy atom. The first-order valence-electron chi connectivity index (χ1n) is 8.49. The third-order valence-electron chi connectivity index (χ3n) is 4.09. The number of nitrogens with two attached hydrogens (primary N) is 1. The number of aromatic nitrogens is 1. The summed E-state index contributed by atoms with van der Waals surface area (Å²) in [5.74, 6) is -0.744. The van der Waals surface area contributed by atoms with E-state index < -0.39 is 5.91 Å². The number of hydrogen-bond donors (Lipinski definition) is 3. The van der Waals surface area contributed by atoms with Gasteiger partial charge in [-0.1, -0.05) is 60.7 Å². The summed E-state index contributed by atoms with van der Waals surface area (Å²) in [6.45, 7) is 2.25. The van der Waals surface area contributed by atoms with Crippen LogP contribution in [0.1, 0.15) is 44.3 Å². The smallest absolute Gasteiger partial charge is 0.273 e. The second-order valence-electron chi connectivity index (χ2n) is 6.05. The number of rotatable bonds is 6. The SMILES string of the molecule is C[C@H](NC(=O)c1snc(C(=O)NCc2ccccc2)c1N)c1ccccc1. The Bertz CT molecular complexity index is 926. The Morgan fingerprint density at radius 3 is 2.33 bits per heavy atom. The molecular formula is C20H20N4O2S. The maximum absolute atomic E-state index is 12.5. The molecule has 0 radical (unpaired) electrons. The molecule has 0 bridgehead atoms. The van der Waals surface area contributed by atoms with Crippen LogP contribution < -0.4 is 16.4 Å². The zero-order valence-electron chi connectivity index (χ0n) is 14.8. The number of hydrogen-bond acceptors (Lipinski definition) is 5. The van der Waals surface area contributed by atoms with Gasteiger partial charge in [0.2, 0.25) is 0 Å². The van der Waals surface area contributed by atoms with E-state index in [9.17, 15) is 9.59 Å². The highest BCUT2D eigenvalue weighted by Gasteiger charge is 2.23. The van der Waals surface area contributed by atoms with E-state index in [1.807, 2.05) is 67.6 Å². The number of benzene rings is 2. The molecule has 0 saturated carbocycles. The number of carbonyl (C=O) groups is 2. The predicted octanol–water partition coefficient (Wildman–Crippen LogP) is 3.15. The van der Waals surface area contributed by atoms with E-state index in [2.05, 4.69) is 15.0 Å². The molecule has 3 rings (SSSR count). The van der Waals surface area contributed by atoms with Gasteiger partial charge in [-0.2, -0.15) is 4.37 Å². The van der Waals surface area contributed by atoms with E-state index >= 15 is 0 Å². The van der Waals surface area contributed by atoms with Gasteiger partial charge in [0.25, 0.3) is 11.8 Å². The van der Waals surface area contributed by atoms with Crippen LogP contribution in [-0.2, 0) is 6.54 Å². The summed E-state index contributed by atoms with van der Waals surface area (Å²) in [5, 5.41) is 5.65. The lowest BCUT2D eigenvalue weighted by Gasteiger charge is -2.13. The van der Waals surface area contributed by atoms with Crippen molar-refractivity contribution in [2.24, 2.45) is 0 Å². The van der Waals surface area contributed by atoms with E-state index in [-0.39, 0.29) is 28.2 Å². The molecule has 6 nitrogen and oxygen atoms in total. The zero-order chi connectivity index (χ0) is 19.2. The van der Waals surface area contributed by atoms with E-state index in [4.69, 9.17) is 5.73 Å². The van der Waals surface area contributed by atoms with Gasteiger partial charge in [-0.25, -0.2) is 0 Å². The summed E-state index contributed by atoms with van der Waals surface area (Å²) >= 11 is 0.924. The summed E-state index contributed by atoms with van der Waals surface area (Å²) in [4.78, 5) is 25.1. The number of amides is 2. The Balaban J connectivity index is 1.65. The molecule has 0 spiro atoms. The average molecular weight is 380 g/mol. The van der Waals surface area contributed by atoms with Crippen molar-refractivity contribution >= 4 is 29.0 Å². The maximum Gasteiger partial charge on any atom is 0.273 e. The van der Waals surface area contributed by atoms with Gasteiger partial charge in [-0.15, -0.1) is 0 Å². The minimum atomic E-state index is -0.400. The molecule has 0 unspecified atom stereocenters. The summed E-state index contributed by atoms with van der Waals surface area (Å²) in [6.07, 6.45) is 0. The molecule has 2 aromatic carbocycles. The van der Waals surface area contributed by atoms with Crippen molar-refractivity contribution in [2.75, 3.05) is 5.73 Å². The molecule has 27 heavy (non-hydrogen) atoms. The van der Waals surface area contributed by atoms with Crippen LogP contribution in [0, 0.1) is 0 Å². The average Bonchev–Trinajstić information content (AvgIpc) is 3.09. The minimum absolute atomic E-state index is 0.0773. The van der Waals surface area contributed by atoms with Crippen LogP contribution in [0.2, 0.25) is 0 Å². The van der Waals surface area contributed by atoms with Crippen molar-refractivity contribution < 1.29 is 9.59 Å². The maximum atomic E-state index is 12.5. The van der Waals surface area contributed by atoms with Gasteiger partial charge in [0, 0.05) is 6.54 Å². The molecule has 1 aromatic heterocycles. The van der Waals surface area contributed by atoms with Crippen LogP contribution in [0.5, 0.6) is 0 Å². The van der Waals surface area contributed by atoms with Crippen LogP contribution in [0.3, 0.4) is 0 Å². The second-order valence-corrected chi connectivity index (χ2v) is 6.82. The van der Waals surface area contributed by atoms with Gasteiger partial charge in [0.1, 0.15) is 4.88 Å². The minimum Gasteiger partial charge on any atom is -0.395 e. The van der Waals surface area contributed by atoms with Gasteiger partial charge in [0.05, 0.1) is 11.7 Å². The number of carbonyl (C=O) groups excluding carboxylic acids is 2. The van der Waals surface area contributed by atoms with Crippen LogP contribution in [0.25, 0.3) is 0 Å². The van der Waals surface area contributed by atoms with Gasteiger partial charge < -0.3 is 16.4 Å². The molecule has 2 amide bonds. The Morgan fingerprint density at radius 2 is 1.67 bits per heavy atom. The van der Waals surface area contributed by atoms with Gasteiger partial charge >= 0.3 is 0 Å². The van der Waals surface area contributed by atoms with E-state index in [0.29, 0.717) is 6.54 Å². The molecule has 1 atom stereocenters. The first-order chi connectivity index (χ1) is 13.1. The summed E-state index contributed by atoms with van der Waals surface area (Å²) in [6, 6.07) is 18.9. The molecule has 3 aromatic rings. The monoisotopic (exact) mass is 380 g/mol. The highest BCUT2D eigenvalue weighted by atomic mass is 32.1. The van der Waals surface area contributed by atoms with Crippen molar-refractivity contribution in [1.29, 1.82) is 0 Å². The lowest BCUT2D eigenvalue weighted by Crippen LogP contribution is -2.27. The van der Waals surface area contributed by atoms with Crippen LogP contribution in [0.15, 0.2) is 60.7 Å². The summed E-state index contributed by atoms with van der Waals surface area (Å²) < 4.78 is 4.07. The highest BCUT2D eigenvalue weighted by Crippen LogP contribution is 2.23. The van der Waals surface area contributed by atoms with E-state index in [1.165, 1.54) is 0 Å². The first-order valence-corrected chi connectivity index (χ1v) is 9.26. The molecule has 0 aliphatic heterocycles. The standard InChI is InChI=1S/C20H20N4O2S/c1-13(15-10-6-3-7-11-15)23-20(26)18-16(21)17(24-27-18)19(25)22-12-14-8-4-2-5-9-14/h2-11,13H,12,21H2,1H3,(H,22,25)(H,23,26)/t13-/m0/s1. The fraction of sp³-hybridized carbons (Fsp3) is 0.150. The third-order valence-corrected chi connectivity index (χ3v) is 4.95. The third kappa shape index (κ3) is 4.51. The Hall–Kier alpha value is -3.19. The lowest BCUT2D eigenvalue weighted by molar-refractivity contribution is 0.0942. The van der Waals surface area contributed by atoms with Gasteiger partial charge in [-0.3, -0.25) is 9.59 Å². The number of nitrogens with one attached hydrogen (secondary N) is 2. The number of nitrogen functional groups attached to an aromatic ring is 1. The molecule has 0 aliphatic carbocycles. The van der Waals surface area contributed by atoms with Crippen LogP contribution in [-0.4, -0.2) is 16.2 Å². The topological polar surface area (TPSA) is 97.1 Å². The fourth-order valence-corrected chi connectivity index (χ4v) is 3.27. The molecule has 0 fully saturated rings. The van der Waals surface area contributed by atoms with Crippen molar-refractivity contribution in [2.45, 2.75) is 19.5 Å². The zero-order valence-corrected chi connectivity index (χ0v) is 15.6. The van der Waals surface area contributed by atoms with Crippen molar-refractivity contribution in [3.05, 3.63) is 82.4 Å². The molecular weight excluding hydrogens is 360 g/mol. The molecule has 1 heterocycles. The lowest BCUT2D eigenvalue weighted by atomic mass is 10.1. The van der Waals surface area contributed by atoms with Gasteiger partial charge in [-0.05, 0) is 29.6 Å². The summed E-state index contributed by atoms with van der Waals surface area (Å²) in [7, 11) is 0.